The van der Waals surface area contributed by atoms with E-state index in [1.807, 2.05) is 24.3 Å². The molecule has 0 unspecified atom stereocenters. The van der Waals surface area contributed by atoms with Gasteiger partial charge in [0, 0.05) is 18.6 Å². The minimum atomic E-state index is -0.484. The van der Waals surface area contributed by atoms with Crippen LogP contribution < -0.4 is 20.5 Å². The molecule has 0 spiro atoms. The lowest BCUT2D eigenvalue weighted by atomic mass is 9.93. The minimum absolute atomic E-state index is 0.00913. The third-order valence-electron chi connectivity index (χ3n) is 5.85. The van der Waals surface area contributed by atoms with E-state index in [4.69, 9.17) is 14.5 Å². The summed E-state index contributed by atoms with van der Waals surface area (Å²) >= 11 is 0. The number of aromatic nitrogens is 2. The SMILES string of the molecule is COc1cc2c(cc1OC)[C@H](c1ccc([N+](=O)[O-])cc1)Nn1c(nc3ccccc3c1=O)C2. The quantitative estimate of drug-likeness (QED) is 0.379. The van der Waals surface area contributed by atoms with Gasteiger partial charge in [0.1, 0.15) is 5.82 Å². The largest absolute Gasteiger partial charge is 0.493 e. The first-order valence-corrected chi connectivity index (χ1v) is 10.3. The van der Waals surface area contributed by atoms with Crippen molar-refractivity contribution in [1.29, 1.82) is 0 Å². The monoisotopic (exact) mass is 444 g/mol. The number of nitrogens with one attached hydrogen (secondary N) is 1. The maximum atomic E-state index is 13.4. The molecule has 0 fully saturated rings. The van der Waals surface area contributed by atoms with Crippen molar-refractivity contribution in [2.75, 3.05) is 19.6 Å². The number of hydrogen-bond donors (Lipinski definition) is 1. The van der Waals surface area contributed by atoms with Crippen LogP contribution in [0.5, 0.6) is 11.5 Å². The highest BCUT2D eigenvalue weighted by atomic mass is 16.6. The Hall–Kier alpha value is -4.40. The van der Waals surface area contributed by atoms with Gasteiger partial charge in [-0.25, -0.2) is 9.66 Å². The van der Waals surface area contributed by atoms with Gasteiger partial charge in [-0.3, -0.25) is 14.9 Å². The number of nitro benzene ring substituents is 1. The molecule has 166 valence electrons. The van der Waals surface area contributed by atoms with Crippen molar-refractivity contribution in [1.82, 2.24) is 9.66 Å². The van der Waals surface area contributed by atoms with Gasteiger partial charge in [0.2, 0.25) is 0 Å². The molecular weight excluding hydrogens is 424 g/mol. The summed E-state index contributed by atoms with van der Waals surface area (Å²) in [4.78, 5) is 28.8. The molecule has 1 aliphatic heterocycles. The molecule has 0 radical (unpaired) electrons. The molecule has 2 heterocycles. The van der Waals surface area contributed by atoms with Crippen molar-refractivity contribution in [3.8, 4) is 11.5 Å². The zero-order chi connectivity index (χ0) is 23.1. The molecule has 9 heteroatoms. The van der Waals surface area contributed by atoms with Gasteiger partial charge in [0.25, 0.3) is 11.2 Å². The Morgan fingerprint density at radius 1 is 1.06 bits per heavy atom. The second kappa shape index (κ2) is 7.94. The Kier molecular flexibility index (Phi) is 4.93. The fraction of sp³-hybridized carbons (Fsp3) is 0.167. The van der Waals surface area contributed by atoms with Crippen LogP contribution in [0.15, 0.2) is 65.5 Å². The van der Waals surface area contributed by atoms with Crippen LogP contribution in [-0.2, 0) is 6.42 Å². The molecule has 1 aliphatic rings. The van der Waals surface area contributed by atoms with E-state index in [0.29, 0.717) is 34.6 Å². The van der Waals surface area contributed by atoms with Gasteiger partial charge in [0.05, 0.1) is 36.1 Å². The maximum Gasteiger partial charge on any atom is 0.279 e. The van der Waals surface area contributed by atoms with E-state index in [-0.39, 0.29) is 11.2 Å². The Balaban J connectivity index is 1.75. The van der Waals surface area contributed by atoms with Crippen LogP contribution in [0.1, 0.15) is 28.6 Å². The van der Waals surface area contributed by atoms with Crippen LogP contribution >= 0.6 is 0 Å². The number of benzene rings is 3. The van der Waals surface area contributed by atoms with Crippen LogP contribution in [-0.4, -0.2) is 28.8 Å². The summed E-state index contributed by atoms with van der Waals surface area (Å²) in [5.41, 5.74) is 6.21. The van der Waals surface area contributed by atoms with Crippen molar-refractivity contribution < 1.29 is 14.4 Å². The highest BCUT2D eigenvalue weighted by molar-refractivity contribution is 5.77. The van der Waals surface area contributed by atoms with Gasteiger partial charge in [-0.15, -0.1) is 0 Å². The summed E-state index contributed by atoms with van der Waals surface area (Å²) in [6.07, 6.45) is 0.381. The van der Waals surface area contributed by atoms with Gasteiger partial charge in [-0.2, -0.15) is 0 Å². The molecule has 0 bridgehead atoms. The molecule has 9 nitrogen and oxygen atoms in total. The number of non-ortho nitro benzene ring substituents is 1. The van der Waals surface area contributed by atoms with E-state index in [1.54, 1.807) is 38.5 Å². The summed E-state index contributed by atoms with van der Waals surface area (Å²) < 4.78 is 12.5. The Labute approximate surface area is 188 Å². The zero-order valence-corrected chi connectivity index (χ0v) is 17.9. The minimum Gasteiger partial charge on any atom is -0.493 e. The van der Waals surface area contributed by atoms with Crippen LogP contribution in [0.2, 0.25) is 0 Å². The van der Waals surface area contributed by atoms with E-state index in [1.165, 1.54) is 16.8 Å². The van der Waals surface area contributed by atoms with Crippen LogP contribution in [0.4, 0.5) is 5.69 Å². The van der Waals surface area contributed by atoms with E-state index >= 15 is 0 Å². The van der Waals surface area contributed by atoms with Crippen LogP contribution in [0.25, 0.3) is 10.9 Å². The number of nitro groups is 1. The van der Waals surface area contributed by atoms with Crippen molar-refractivity contribution in [3.63, 3.8) is 0 Å². The number of para-hydroxylation sites is 1. The number of methoxy groups -OCH3 is 2. The predicted octanol–water partition coefficient (Wildman–Crippen LogP) is 3.56. The molecular formula is C24H20N4O5. The molecule has 5 rings (SSSR count). The smallest absolute Gasteiger partial charge is 0.279 e. The molecule has 1 N–H and O–H groups in total. The summed E-state index contributed by atoms with van der Waals surface area (Å²) in [5.74, 6) is 1.66. The number of rotatable bonds is 4. The van der Waals surface area contributed by atoms with Gasteiger partial charge < -0.3 is 14.9 Å². The Morgan fingerprint density at radius 2 is 1.76 bits per heavy atom. The van der Waals surface area contributed by atoms with Crippen molar-refractivity contribution >= 4 is 16.6 Å². The van der Waals surface area contributed by atoms with E-state index in [0.717, 1.165) is 16.7 Å². The summed E-state index contributed by atoms with van der Waals surface area (Å²) in [5, 5.41) is 11.6. The lowest BCUT2D eigenvalue weighted by molar-refractivity contribution is -0.384. The third kappa shape index (κ3) is 3.43. The molecule has 33 heavy (non-hydrogen) atoms. The predicted molar refractivity (Wildman–Crippen MR) is 123 cm³/mol. The number of nitrogens with zero attached hydrogens (tertiary/aromatic N) is 3. The fourth-order valence-electron chi connectivity index (χ4n) is 4.20. The normalized spacial score (nSPS) is 14.5. The van der Waals surface area contributed by atoms with E-state index in [9.17, 15) is 14.9 Å². The van der Waals surface area contributed by atoms with Crippen molar-refractivity contribution in [2.45, 2.75) is 12.5 Å². The number of fused-ring (bicyclic) bond motifs is 3. The second-order valence-corrected chi connectivity index (χ2v) is 7.68. The molecule has 0 saturated heterocycles. The van der Waals surface area contributed by atoms with E-state index in [2.05, 4.69) is 5.43 Å². The van der Waals surface area contributed by atoms with Gasteiger partial charge >= 0.3 is 0 Å². The Morgan fingerprint density at radius 3 is 2.45 bits per heavy atom. The molecule has 3 aromatic carbocycles. The third-order valence-corrected chi connectivity index (χ3v) is 5.85. The average Bonchev–Trinajstić information content (AvgIpc) is 2.99. The summed E-state index contributed by atoms with van der Waals surface area (Å²) in [6, 6.07) is 16.7. The standard InChI is InChI=1S/C24H20N4O5/c1-32-20-11-15-12-22-25-19-6-4-3-5-17(19)24(29)27(22)26-23(18(15)13-21(20)33-2)14-7-9-16(10-8-14)28(30)31/h3-11,13,23,26H,12H2,1-2H3/t23-/m0/s1. The first kappa shape index (κ1) is 20.5. The lowest BCUT2D eigenvalue weighted by Gasteiger charge is -2.23. The summed E-state index contributed by atoms with van der Waals surface area (Å²) in [6.45, 7) is 0. The molecule has 0 saturated carbocycles. The van der Waals surface area contributed by atoms with Gasteiger partial charge in [-0.05, 0) is 53.1 Å². The van der Waals surface area contributed by atoms with Crippen molar-refractivity contribution in [2.24, 2.45) is 0 Å². The molecule has 0 amide bonds. The average molecular weight is 444 g/mol. The second-order valence-electron chi connectivity index (χ2n) is 7.68. The molecule has 1 aromatic heterocycles. The molecule has 0 aliphatic carbocycles. The topological polar surface area (TPSA) is 109 Å². The zero-order valence-electron chi connectivity index (χ0n) is 17.9. The lowest BCUT2D eigenvalue weighted by Crippen LogP contribution is -2.34. The maximum absolute atomic E-state index is 13.4. The highest BCUT2D eigenvalue weighted by Crippen LogP contribution is 2.38. The molecule has 4 aromatic rings. The van der Waals surface area contributed by atoms with Crippen molar-refractivity contribution in [3.05, 3.63) is 104 Å². The van der Waals surface area contributed by atoms with Crippen LogP contribution in [0, 0.1) is 10.1 Å². The fourth-order valence-corrected chi connectivity index (χ4v) is 4.20. The van der Waals surface area contributed by atoms with Crippen LogP contribution in [0.3, 0.4) is 0 Å². The van der Waals surface area contributed by atoms with Gasteiger partial charge in [0.15, 0.2) is 11.5 Å². The molecule has 1 atom stereocenters. The number of ether oxygens (including phenoxy) is 2. The first-order chi connectivity index (χ1) is 16.0. The number of hydrogen-bond acceptors (Lipinski definition) is 7. The highest BCUT2D eigenvalue weighted by Gasteiger charge is 2.27. The Bertz CT molecular complexity index is 1450. The van der Waals surface area contributed by atoms with E-state index < -0.39 is 11.0 Å². The first-order valence-electron chi connectivity index (χ1n) is 10.3. The van der Waals surface area contributed by atoms with Gasteiger partial charge in [-0.1, -0.05) is 12.1 Å². The summed E-state index contributed by atoms with van der Waals surface area (Å²) in [7, 11) is 3.12.